The topological polar surface area (TPSA) is 75.4 Å². The number of carbonyl (C=O) groups excluding carboxylic acids is 1. The number of nitrogens with two attached hydrogens (primary N) is 1. The third-order valence-electron chi connectivity index (χ3n) is 5.70. The number of halogens is 1. The van der Waals surface area contributed by atoms with Crippen molar-refractivity contribution < 1.29 is 9.18 Å². The van der Waals surface area contributed by atoms with E-state index in [1.807, 2.05) is 49.5 Å². The van der Waals surface area contributed by atoms with Gasteiger partial charge in [0.2, 0.25) is 11.9 Å². The summed E-state index contributed by atoms with van der Waals surface area (Å²) in [4.78, 5) is 25.0. The molecule has 1 amide bonds. The number of likely N-dealkylation sites (tertiary alicyclic amines) is 1. The molecule has 4 rings (SSSR count). The van der Waals surface area contributed by atoms with E-state index in [9.17, 15) is 9.18 Å². The first kappa shape index (κ1) is 20.9. The van der Waals surface area contributed by atoms with Gasteiger partial charge in [-0.3, -0.25) is 9.69 Å². The second kappa shape index (κ2) is 8.81. The fourth-order valence-electron chi connectivity index (χ4n) is 4.06. The molecule has 2 N–H and O–H groups in total. The molecule has 1 saturated heterocycles. The molecular weight excluding hydrogens is 393 g/mol. The van der Waals surface area contributed by atoms with E-state index in [1.54, 1.807) is 18.2 Å². The van der Waals surface area contributed by atoms with E-state index in [0.717, 1.165) is 36.2 Å². The van der Waals surface area contributed by atoms with Crippen LogP contribution >= 0.6 is 0 Å². The Morgan fingerprint density at radius 3 is 2.61 bits per heavy atom. The Balaban J connectivity index is 1.73. The summed E-state index contributed by atoms with van der Waals surface area (Å²) in [6, 6.07) is 14.1. The van der Waals surface area contributed by atoms with Gasteiger partial charge in [0.05, 0.1) is 11.7 Å². The Kier molecular flexibility index (Phi) is 5.95. The molecule has 1 aromatic heterocycles. The van der Waals surface area contributed by atoms with Crippen LogP contribution in [0, 0.1) is 5.82 Å². The lowest BCUT2D eigenvalue weighted by molar-refractivity contribution is 0.100. The Hall–Kier alpha value is -3.32. The van der Waals surface area contributed by atoms with Gasteiger partial charge in [-0.15, -0.1) is 0 Å². The zero-order chi connectivity index (χ0) is 22.0. The smallest absolute Gasteiger partial charge is 0.248 e. The van der Waals surface area contributed by atoms with Crippen LogP contribution in [0.25, 0.3) is 11.1 Å². The molecule has 0 unspecified atom stereocenters. The van der Waals surface area contributed by atoms with Gasteiger partial charge in [0, 0.05) is 43.5 Å². The maximum absolute atomic E-state index is 14.3. The Labute approximate surface area is 181 Å². The number of anilines is 1. The predicted molar refractivity (Wildman–Crippen MR) is 119 cm³/mol. The first-order valence-electron chi connectivity index (χ1n) is 10.4. The van der Waals surface area contributed by atoms with Gasteiger partial charge >= 0.3 is 0 Å². The number of carbonyl (C=O) groups is 1. The molecule has 1 atom stereocenters. The molecule has 2 heterocycles. The van der Waals surface area contributed by atoms with Crippen LogP contribution in [0.4, 0.5) is 10.3 Å². The summed E-state index contributed by atoms with van der Waals surface area (Å²) in [6.07, 6.45) is 3.78. The molecule has 0 aliphatic carbocycles. The Morgan fingerprint density at radius 2 is 1.94 bits per heavy atom. The molecule has 31 heavy (non-hydrogen) atoms. The highest BCUT2D eigenvalue weighted by Gasteiger charge is 2.30. The highest BCUT2D eigenvalue weighted by Crippen LogP contribution is 2.38. The summed E-state index contributed by atoms with van der Waals surface area (Å²) in [5, 5.41) is 0. The molecule has 0 saturated carbocycles. The molecule has 7 heteroatoms. The van der Waals surface area contributed by atoms with Crippen molar-refractivity contribution in [2.75, 3.05) is 25.5 Å². The second-order valence-corrected chi connectivity index (χ2v) is 8.02. The van der Waals surface area contributed by atoms with Gasteiger partial charge in [0.15, 0.2) is 0 Å². The van der Waals surface area contributed by atoms with Crippen LogP contribution in [-0.2, 0) is 6.54 Å². The monoisotopic (exact) mass is 419 g/mol. The number of hydrogen-bond donors (Lipinski definition) is 1. The summed E-state index contributed by atoms with van der Waals surface area (Å²) in [6.45, 7) is 1.40. The van der Waals surface area contributed by atoms with Gasteiger partial charge < -0.3 is 10.6 Å². The van der Waals surface area contributed by atoms with E-state index in [2.05, 4.69) is 9.88 Å². The number of nitrogens with zero attached hydrogens (tertiary/aromatic N) is 4. The minimum Gasteiger partial charge on any atom is -0.366 e. The van der Waals surface area contributed by atoms with Crippen LogP contribution < -0.4 is 10.6 Å². The van der Waals surface area contributed by atoms with Crippen molar-refractivity contribution in [1.82, 2.24) is 14.9 Å². The van der Waals surface area contributed by atoms with Crippen LogP contribution in [0.3, 0.4) is 0 Å². The second-order valence-electron chi connectivity index (χ2n) is 8.02. The van der Waals surface area contributed by atoms with Crippen LogP contribution in [0.2, 0.25) is 0 Å². The molecule has 1 fully saturated rings. The normalized spacial score (nSPS) is 16.4. The molecule has 6 nitrogen and oxygen atoms in total. The van der Waals surface area contributed by atoms with Crippen molar-refractivity contribution in [3.05, 3.63) is 77.4 Å². The third-order valence-corrected chi connectivity index (χ3v) is 5.70. The third kappa shape index (κ3) is 4.41. The zero-order valence-corrected chi connectivity index (χ0v) is 17.8. The number of amides is 1. The number of primary amides is 1. The molecule has 0 bridgehead atoms. The molecular formula is C24H26FN5O. The first-order chi connectivity index (χ1) is 14.9. The van der Waals surface area contributed by atoms with E-state index in [4.69, 9.17) is 10.7 Å². The lowest BCUT2D eigenvalue weighted by Crippen LogP contribution is -2.25. The van der Waals surface area contributed by atoms with Crippen molar-refractivity contribution in [3.63, 3.8) is 0 Å². The van der Waals surface area contributed by atoms with Gasteiger partial charge in [0.25, 0.3) is 0 Å². The summed E-state index contributed by atoms with van der Waals surface area (Å²) >= 11 is 0. The quantitative estimate of drug-likeness (QED) is 0.658. The van der Waals surface area contributed by atoms with E-state index in [1.165, 1.54) is 6.07 Å². The molecule has 0 radical (unpaired) electrons. The first-order valence-corrected chi connectivity index (χ1v) is 10.4. The van der Waals surface area contributed by atoms with Crippen molar-refractivity contribution in [3.8, 4) is 11.1 Å². The van der Waals surface area contributed by atoms with Crippen molar-refractivity contribution in [2.24, 2.45) is 5.73 Å². The van der Waals surface area contributed by atoms with Crippen LogP contribution in [-0.4, -0.2) is 41.4 Å². The number of rotatable bonds is 6. The van der Waals surface area contributed by atoms with Crippen LogP contribution in [0.5, 0.6) is 0 Å². The van der Waals surface area contributed by atoms with Gasteiger partial charge in [-0.1, -0.05) is 30.3 Å². The van der Waals surface area contributed by atoms with E-state index in [-0.39, 0.29) is 11.9 Å². The summed E-state index contributed by atoms with van der Waals surface area (Å²) in [5.41, 5.74) is 9.27. The average molecular weight is 420 g/mol. The van der Waals surface area contributed by atoms with Crippen molar-refractivity contribution >= 4 is 11.9 Å². The average Bonchev–Trinajstić information content (AvgIpc) is 3.23. The molecule has 1 aliphatic heterocycles. The lowest BCUT2D eigenvalue weighted by atomic mass is 9.98. The van der Waals surface area contributed by atoms with Crippen molar-refractivity contribution in [1.29, 1.82) is 0 Å². The number of benzene rings is 2. The van der Waals surface area contributed by atoms with Crippen molar-refractivity contribution in [2.45, 2.75) is 25.4 Å². The minimum absolute atomic E-state index is 0.0483. The largest absolute Gasteiger partial charge is 0.366 e. The SMILES string of the molecule is CN(C)c1ncc(-c2ccc(C(N)=O)cc2)c([C@H]2CCCN2Cc2ccccc2F)n1. The Bertz CT molecular complexity index is 1080. The fraction of sp³-hybridized carbons (Fsp3) is 0.292. The number of hydrogen-bond acceptors (Lipinski definition) is 5. The maximum atomic E-state index is 14.3. The van der Waals surface area contributed by atoms with Gasteiger partial charge in [0.1, 0.15) is 5.82 Å². The van der Waals surface area contributed by atoms with E-state index < -0.39 is 5.91 Å². The number of aromatic nitrogens is 2. The highest BCUT2D eigenvalue weighted by atomic mass is 19.1. The lowest BCUT2D eigenvalue weighted by Gasteiger charge is -2.27. The Morgan fingerprint density at radius 1 is 1.19 bits per heavy atom. The molecule has 1 aliphatic rings. The van der Waals surface area contributed by atoms with Gasteiger partial charge in [-0.05, 0) is 43.1 Å². The predicted octanol–water partition coefficient (Wildman–Crippen LogP) is 3.78. The standard InChI is InChI=1S/C24H26FN5O/c1-29(2)24-27-14-19(16-9-11-17(12-10-16)23(26)31)22(28-24)21-8-5-13-30(21)15-18-6-3-4-7-20(18)25/h3-4,6-7,9-12,14,21H,5,8,13,15H2,1-2H3,(H2,26,31)/t21-/m1/s1. The summed E-state index contributed by atoms with van der Waals surface area (Å²) < 4.78 is 14.3. The van der Waals surface area contributed by atoms with E-state index in [0.29, 0.717) is 23.6 Å². The summed E-state index contributed by atoms with van der Waals surface area (Å²) in [7, 11) is 3.82. The maximum Gasteiger partial charge on any atom is 0.248 e. The molecule has 2 aromatic carbocycles. The van der Waals surface area contributed by atoms with E-state index >= 15 is 0 Å². The fourth-order valence-corrected chi connectivity index (χ4v) is 4.06. The molecule has 3 aromatic rings. The highest BCUT2D eigenvalue weighted by molar-refractivity contribution is 5.93. The van der Waals surface area contributed by atoms with Gasteiger partial charge in [-0.2, -0.15) is 0 Å². The molecule has 0 spiro atoms. The zero-order valence-electron chi connectivity index (χ0n) is 17.8. The summed E-state index contributed by atoms with van der Waals surface area (Å²) in [5.74, 6) is -0.0184. The van der Waals surface area contributed by atoms with Crippen LogP contribution in [0.1, 0.15) is 40.5 Å². The van der Waals surface area contributed by atoms with Crippen LogP contribution in [0.15, 0.2) is 54.7 Å². The van der Waals surface area contributed by atoms with Gasteiger partial charge in [-0.25, -0.2) is 14.4 Å². The minimum atomic E-state index is -0.460. The molecule has 160 valence electrons.